The number of rotatable bonds is 4. The normalized spacial score (nSPS) is 22.9. The number of fused-ring (bicyclic) bond motifs is 1. The summed E-state index contributed by atoms with van der Waals surface area (Å²) in [5.41, 5.74) is -1.99. The Hall–Kier alpha value is -2.52. The van der Waals surface area contributed by atoms with Gasteiger partial charge in [0.15, 0.2) is 11.6 Å². The topological polar surface area (TPSA) is 57.0 Å². The van der Waals surface area contributed by atoms with Gasteiger partial charge in [0, 0.05) is 18.4 Å². The predicted molar refractivity (Wildman–Crippen MR) is 94.7 cm³/mol. The lowest BCUT2D eigenvalue weighted by Crippen LogP contribution is -2.32. The van der Waals surface area contributed by atoms with Gasteiger partial charge in [0.1, 0.15) is 17.1 Å². The summed E-state index contributed by atoms with van der Waals surface area (Å²) in [5, 5.41) is 7.88. The van der Waals surface area contributed by atoms with Gasteiger partial charge in [-0.15, -0.1) is 10.2 Å². The largest absolute Gasteiger partial charge is 0.469 e. The molecule has 2 aliphatic rings. The molecule has 162 valence electrons. The first-order valence-electron chi connectivity index (χ1n) is 9.69. The Morgan fingerprint density at radius 3 is 2.60 bits per heavy atom. The monoisotopic (exact) mass is 429 g/mol. The highest BCUT2D eigenvalue weighted by molar-refractivity contribution is 5.70. The van der Waals surface area contributed by atoms with Crippen LogP contribution in [0.25, 0.3) is 0 Å². The lowest BCUT2D eigenvalue weighted by molar-refractivity contribution is -0.163. The van der Waals surface area contributed by atoms with E-state index in [0.717, 1.165) is 6.07 Å². The van der Waals surface area contributed by atoms with Crippen molar-refractivity contribution in [3.8, 4) is 0 Å². The average molecular weight is 429 g/mol. The second kappa shape index (κ2) is 7.31. The molecule has 0 unspecified atom stereocenters. The molecule has 1 saturated carbocycles. The zero-order valence-corrected chi connectivity index (χ0v) is 16.2. The molecule has 2 heterocycles. The van der Waals surface area contributed by atoms with Crippen LogP contribution >= 0.6 is 0 Å². The molecule has 5 nitrogen and oxygen atoms in total. The molecule has 0 saturated heterocycles. The highest BCUT2D eigenvalue weighted by Crippen LogP contribution is 2.59. The van der Waals surface area contributed by atoms with Crippen molar-refractivity contribution in [2.45, 2.75) is 62.1 Å². The van der Waals surface area contributed by atoms with E-state index in [1.165, 1.54) is 23.8 Å². The van der Waals surface area contributed by atoms with E-state index in [2.05, 4.69) is 10.2 Å². The minimum atomic E-state index is -4.50. The number of hydrogen-bond acceptors (Lipinski definition) is 4. The second-order valence-electron chi connectivity index (χ2n) is 7.97. The molecule has 1 aromatic carbocycles. The molecule has 2 aromatic rings. The average Bonchev–Trinajstić information content (AvgIpc) is 3.44. The highest BCUT2D eigenvalue weighted by Gasteiger charge is 2.67. The first-order chi connectivity index (χ1) is 14.2. The van der Waals surface area contributed by atoms with E-state index < -0.39 is 41.0 Å². The number of carbonyl (C=O) groups is 1. The fourth-order valence-corrected chi connectivity index (χ4v) is 4.32. The molecule has 1 aliphatic heterocycles. The maximum atomic E-state index is 14.4. The minimum Gasteiger partial charge on any atom is -0.469 e. The van der Waals surface area contributed by atoms with Gasteiger partial charge in [-0.3, -0.25) is 4.79 Å². The molecule has 0 N–H and O–H groups in total. The van der Waals surface area contributed by atoms with Crippen LogP contribution in [0.1, 0.15) is 61.2 Å². The molecule has 0 bridgehead atoms. The van der Waals surface area contributed by atoms with E-state index in [9.17, 15) is 26.7 Å². The number of hydrogen-bond donors (Lipinski definition) is 0. The quantitative estimate of drug-likeness (QED) is 0.535. The van der Waals surface area contributed by atoms with Gasteiger partial charge in [-0.25, -0.2) is 8.78 Å². The van der Waals surface area contributed by atoms with Crippen LogP contribution < -0.4 is 0 Å². The van der Waals surface area contributed by atoms with Gasteiger partial charge >= 0.3 is 12.1 Å². The molecule has 0 amide bonds. The van der Waals surface area contributed by atoms with Crippen molar-refractivity contribution >= 4 is 5.97 Å². The third-order valence-corrected chi connectivity index (χ3v) is 6.19. The van der Waals surface area contributed by atoms with E-state index in [4.69, 9.17) is 4.74 Å². The van der Waals surface area contributed by atoms with E-state index in [0.29, 0.717) is 12.8 Å². The molecule has 0 spiro atoms. The summed E-state index contributed by atoms with van der Waals surface area (Å²) in [6.07, 6.45) is -4.08. The molecule has 10 heteroatoms. The third kappa shape index (κ3) is 3.35. The Morgan fingerprint density at radius 1 is 1.23 bits per heavy atom. The van der Waals surface area contributed by atoms with E-state index in [1.54, 1.807) is 0 Å². The van der Waals surface area contributed by atoms with Crippen molar-refractivity contribution in [1.29, 1.82) is 0 Å². The number of aromatic nitrogens is 3. The smallest absolute Gasteiger partial charge is 0.401 e. The zero-order chi connectivity index (χ0) is 21.7. The molecule has 0 radical (unpaired) electrons. The van der Waals surface area contributed by atoms with E-state index in [-0.39, 0.29) is 43.0 Å². The molecule has 30 heavy (non-hydrogen) atoms. The SMILES string of the molecule is COC(=O)C[C@@H]1CC[C@@H](c2cccc(F)c2F)Cn2c1nnc2C1(C(F)(F)F)CC1. The van der Waals surface area contributed by atoms with Gasteiger partial charge in [-0.05, 0) is 37.3 Å². The van der Waals surface area contributed by atoms with Crippen molar-refractivity contribution in [2.75, 3.05) is 7.11 Å². The number of esters is 1. The Bertz CT molecular complexity index is 968. The predicted octanol–water partition coefficient (Wildman–Crippen LogP) is 4.37. The maximum Gasteiger partial charge on any atom is 0.401 e. The van der Waals surface area contributed by atoms with Crippen molar-refractivity contribution < 1.29 is 31.5 Å². The number of carbonyl (C=O) groups excluding carboxylic acids is 1. The summed E-state index contributed by atoms with van der Waals surface area (Å²) in [4.78, 5) is 11.9. The van der Waals surface area contributed by atoms with Gasteiger partial charge in [-0.1, -0.05) is 12.1 Å². The van der Waals surface area contributed by atoms with Crippen molar-refractivity contribution in [3.05, 3.63) is 47.0 Å². The fraction of sp³-hybridized carbons (Fsp3) is 0.550. The minimum absolute atomic E-state index is 0.0203. The van der Waals surface area contributed by atoms with Crippen LogP contribution in [0, 0.1) is 11.6 Å². The van der Waals surface area contributed by atoms with Crippen molar-refractivity contribution in [2.24, 2.45) is 0 Å². The van der Waals surface area contributed by atoms with Crippen LogP contribution in [-0.4, -0.2) is 34.0 Å². The Morgan fingerprint density at radius 2 is 1.97 bits per heavy atom. The highest BCUT2D eigenvalue weighted by atomic mass is 19.4. The molecule has 4 rings (SSSR count). The number of methoxy groups -OCH3 is 1. The third-order valence-electron chi connectivity index (χ3n) is 6.19. The molecule has 1 fully saturated rings. The van der Waals surface area contributed by atoms with Crippen LogP contribution in [-0.2, 0) is 21.5 Å². The number of alkyl halides is 3. The molecule has 1 aliphatic carbocycles. The number of ether oxygens (including phenoxy) is 1. The lowest BCUT2D eigenvalue weighted by Gasteiger charge is -2.22. The standard InChI is InChI=1S/C20H20F5N3O2/c1-30-15(29)9-11-5-6-12(13-3-2-4-14(21)16(13)22)10-28-17(11)26-27-18(28)19(7-8-19)20(23,24)25/h2-4,11-12H,5-10H2,1H3/t11-,12+/m0/s1. The van der Waals surface area contributed by atoms with E-state index in [1.807, 2.05) is 0 Å². The summed E-state index contributed by atoms with van der Waals surface area (Å²) >= 11 is 0. The fourth-order valence-electron chi connectivity index (χ4n) is 4.32. The van der Waals surface area contributed by atoms with Gasteiger partial charge in [0.05, 0.1) is 13.5 Å². The summed E-state index contributed by atoms with van der Waals surface area (Å²) < 4.78 is 75.6. The van der Waals surface area contributed by atoms with Crippen molar-refractivity contribution in [3.63, 3.8) is 0 Å². The van der Waals surface area contributed by atoms with Crippen LogP contribution in [0.3, 0.4) is 0 Å². The Labute approximate surface area is 169 Å². The van der Waals surface area contributed by atoms with Crippen molar-refractivity contribution in [1.82, 2.24) is 14.8 Å². The summed E-state index contributed by atoms with van der Waals surface area (Å²) in [7, 11) is 1.23. The molecular weight excluding hydrogens is 409 g/mol. The molecule has 2 atom stereocenters. The van der Waals surface area contributed by atoms with Crippen LogP contribution in [0.2, 0.25) is 0 Å². The first-order valence-corrected chi connectivity index (χ1v) is 9.69. The lowest BCUT2D eigenvalue weighted by atomic mass is 9.90. The van der Waals surface area contributed by atoms with E-state index >= 15 is 0 Å². The van der Waals surface area contributed by atoms with Gasteiger partial charge < -0.3 is 9.30 Å². The number of nitrogens with zero attached hydrogens (tertiary/aromatic N) is 3. The first kappa shape index (κ1) is 20.7. The summed E-state index contributed by atoms with van der Waals surface area (Å²) in [5.74, 6) is -3.62. The van der Waals surface area contributed by atoms with Gasteiger partial charge in [-0.2, -0.15) is 13.2 Å². The second-order valence-corrected chi connectivity index (χ2v) is 7.97. The van der Waals surface area contributed by atoms with Gasteiger partial charge in [0.25, 0.3) is 0 Å². The molecular formula is C20H20F5N3O2. The number of halogens is 5. The van der Waals surface area contributed by atoms with Crippen LogP contribution in [0.15, 0.2) is 18.2 Å². The van der Waals surface area contributed by atoms with Gasteiger partial charge in [0.2, 0.25) is 0 Å². The maximum absolute atomic E-state index is 14.4. The number of benzene rings is 1. The summed E-state index contributed by atoms with van der Waals surface area (Å²) in [6.45, 7) is -0.0203. The Balaban J connectivity index is 1.78. The van der Waals surface area contributed by atoms with Crippen LogP contribution in [0.4, 0.5) is 22.0 Å². The van der Waals surface area contributed by atoms with Crippen LogP contribution in [0.5, 0.6) is 0 Å². The Kier molecular flexibility index (Phi) is 5.06. The molecule has 1 aromatic heterocycles. The summed E-state index contributed by atoms with van der Waals surface area (Å²) in [6, 6.07) is 3.80. The zero-order valence-electron chi connectivity index (χ0n) is 16.2.